The van der Waals surface area contributed by atoms with Crippen LogP contribution >= 0.6 is 15.9 Å². The Kier molecular flexibility index (Phi) is 3.01. The number of rotatable bonds is 2. The zero-order valence-electron chi connectivity index (χ0n) is 9.16. The predicted molar refractivity (Wildman–Crippen MR) is 66.9 cm³/mol. The summed E-state index contributed by atoms with van der Waals surface area (Å²) in [5, 5.41) is 1.60. The maximum Gasteiger partial charge on any atom is 0.289 e. The number of carbonyl (C=O) groups is 1. The fourth-order valence-electron chi connectivity index (χ4n) is 1.61. The summed E-state index contributed by atoms with van der Waals surface area (Å²) in [6, 6.07) is 7.66. The van der Waals surface area contributed by atoms with E-state index in [1.165, 1.54) is 4.90 Å². The molecule has 0 bridgehead atoms. The molecule has 84 valence electrons. The van der Waals surface area contributed by atoms with Crippen molar-refractivity contribution in [3.8, 4) is 0 Å². The Morgan fingerprint density at radius 2 is 2.06 bits per heavy atom. The van der Waals surface area contributed by atoms with Crippen LogP contribution in [0.2, 0.25) is 0 Å². The van der Waals surface area contributed by atoms with Crippen molar-refractivity contribution in [3.63, 3.8) is 0 Å². The van der Waals surface area contributed by atoms with Gasteiger partial charge in [0.25, 0.3) is 5.91 Å². The second-order valence-corrected chi connectivity index (χ2v) is 4.30. The Morgan fingerprint density at radius 1 is 1.38 bits per heavy atom. The quantitative estimate of drug-likeness (QED) is 0.793. The van der Waals surface area contributed by atoms with E-state index in [0.717, 1.165) is 16.5 Å². The summed E-state index contributed by atoms with van der Waals surface area (Å²) in [4.78, 5) is 13.4. The third-order valence-electron chi connectivity index (χ3n) is 2.43. The van der Waals surface area contributed by atoms with Gasteiger partial charge in [-0.15, -0.1) is 0 Å². The summed E-state index contributed by atoms with van der Waals surface area (Å²) in [6.45, 7) is 0. The van der Waals surface area contributed by atoms with Crippen LogP contribution in [-0.2, 0) is 5.33 Å². The van der Waals surface area contributed by atoms with Crippen molar-refractivity contribution in [2.45, 2.75) is 5.33 Å². The SMILES string of the molecule is CN(C)C(=O)c1oc2ccccc2c1CBr. The molecule has 0 aliphatic carbocycles. The number of halogens is 1. The molecule has 0 spiro atoms. The first-order valence-corrected chi connectivity index (χ1v) is 6.05. The van der Waals surface area contributed by atoms with Gasteiger partial charge in [0.15, 0.2) is 5.76 Å². The maximum absolute atomic E-state index is 11.9. The predicted octanol–water partition coefficient (Wildman–Crippen LogP) is 3.03. The third-order valence-corrected chi connectivity index (χ3v) is 2.99. The first kappa shape index (κ1) is 11.2. The number of furan rings is 1. The van der Waals surface area contributed by atoms with Gasteiger partial charge in [-0.1, -0.05) is 34.1 Å². The number of hydrogen-bond acceptors (Lipinski definition) is 2. The molecule has 0 aliphatic heterocycles. The Labute approximate surface area is 102 Å². The van der Waals surface area contributed by atoms with Crippen LogP contribution in [0.3, 0.4) is 0 Å². The minimum Gasteiger partial charge on any atom is -0.451 e. The van der Waals surface area contributed by atoms with Crippen molar-refractivity contribution in [2.75, 3.05) is 14.1 Å². The minimum atomic E-state index is -0.106. The van der Waals surface area contributed by atoms with Crippen LogP contribution in [-0.4, -0.2) is 24.9 Å². The van der Waals surface area contributed by atoms with Crippen LogP contribution in [0.5, 0.6) is 0 Å². The zero-order chi connectivity index (χ0) is 11.7. The molecule has 1 heterocycles. The largest absolute Gasteiger partial charge is 0.451 e. The van der Waals surface area contributed by atoms with E-state index in [2.05, 4.69) is 15.9 Å². The summed E-state index contributed by atoms with van der Waals surface area (Å²) in [5.74, 6) is 0.314. The number of hydrogen-bond donors (Lipinski definition) is 0. The Hall–Kier alpha value is -1.29. The van der Waals surface area contributed by atoms with Crippen LogP contribution in [0.25, 0.3) is 11.0 Å². The van der Waals surface area contributed by atoms with E-state index in [1.54, 1.807) is 14.1 Å². The second-order valence-electron chi connectivity index (χ2n) is 3.74. The highest BCUT2D eigenvalue weighted by Crippen LogP contribution is 2.28. The molecule has 4 heteroatoms. The number of para-hydroxylation sites is 1. The highest BCUT2D eigenvalue weighted by Gasteiger charge is 2.20. The third kappa shape index (κ3) is 1.73. The summed E-state index contributed by atoms with van der Waals surface area (Å²) >= 11 is 3.40. The molecular weight excluding hydrogens is 270 g/mol. The fourth-order valence-corrected chi connectivity index (χ4v) is 2.16. The van der Waals surface area contributed by atoms with Crippen molar-refractivity contribution in [1.29, 1.82) is 0 Å². The van der Waals surface area contributed by atoms with Crippen molar-refractivity contribution in [1.82, 2.24) is 4.90 Å². The first-order chi connectivity index (χ1) is 7.65. The van der Waals surface area contributed by atoms with Crippen molar-refractivity contribution in [2.24, 2.45) is 0 Å². The number of amides is 1. The molecule has 0 unspecified atom stereocenters. The molecule has 0 saturated carbocycles. The lowest BCUT2D eigenvalue weighted by atomic mass is 10.1. The van der Waals surface area contributed by atoms with E-state index in [4.69, 9.17) is 4.42 Å². The molecular formula is C12H12BrNO2. The molecule has 0 atom stereocenters. The lowest BCUT2D eigenvalue weighted by Crippen LogP contribution is -2.22. The molecule has 2 aromatic rings. The van der Waals surface area contributed by atoms with Crippen molar-refractivity contribution in [3.05, 3.63) is 35.6 Å². The number of benzene rings is 1. The van der Waals surface area contributed by atoms with Gasteiger partial charge in [-0.05, 0) is 6.07 Å². The van der Waals surface area contributed by atoms with E-state index < -0.39 is 0 Å². The standard InChI is InChI=1S/C12H12BrNO2/c1-14(2)12(15)11-9(7-13)8-5-3-4-6-10(8)16-11/h3-6H,7H2,1-2H3. The summed E-state index contributed by atoms with van der Waals surface area (Å²) < 4.78 is 5.59. The maximum atomic E-state index is 11.9. The van der Waals surface area contributed by atoms with Gasteiger partial charge in [0.05, 0.1) is 0 Å². The van der Waals surface area contributed by atoms with Crippen molar-refractivity contribution >= 4 is 32.8 Å². The van der Waals surface area contributed by atoms with Crippen LogP contribution in [0.15, 0.2) is 28.7 Å². The number of alkyl halides is 1. The van der Waals surface area contributed by atoms with Gasteiger partial charge in [0, 0.05) is 30.4 Å². The molecule has 0 N–H and O–H groups in total. The Morgan fingerprint density at radius 3 is 2.69 bits per heavy atom. The molecule has 3 nitrogen and oxygen atoms in total. The van der Waals surface area contributed by atoms with Gasteiger partial charge in [-0.2, -0.15) is 0 Å². The monoisotopic (exact) mass is 281 g/mol. The average molecular weight is 282 g/mol. The molecule has 0 aliphatic rings. The van der Waals surface area contributed by atoms with Crippen LogP contribution < -0.4 is 0 Å². The van der Waals surface area contributed by atoms with Crippen LogP contribution in [0.1, 0.15) is 16.1 Å². The second kappa shape index (κ2) is 4.29. The molecule has 1 aromatic carbocycles. The van der Waals surface area contributed by atoms with Gasteiger partial charge in [0.1, 0.15) is 5.58 Å². The molecule has 0 fully saturated rings. The highest BCUT2D eigenvalue weighted by molar-refractivity contribution is 9.08. The van der Waals surface area contributed by atoms with Crippen LogP contribution in [0.4, 0.5) is 0 Å². The van der Waals surface area contributed by atoms with Gasteiger partial charge >= 0.3 is 0 Å². The molecule has 1 amide bonds. The van der Waals surface area contributed by atoms with Crippen LogP contribution in [0, 0.1) is 0 Å². The molecule has 0 radical (unpaired) electrons. The first-order valence-electron chi connectivity index (χ1n) is 4.93. The molecule has 16 heavy (non-hydrogen) atoms. The topological polar surface area (TPSA) is 33.5 Å². The molecule has 1 aromatic heterocycles. The fraction of sp³-hybridized carbons (Fsp3) is 0.250. The lowest BCUT2D eigenvalue weighted by molar-refractivity contribution is 0.0798. The van der Waals surface area contributed by atoms with E-state index in [9.17, 15) is 4.79 Å². The van der Waals surface area contributed by atoms with E-state index in [1.807, 2.05) is 24.3 Å². The van der Waals surface area contributed by atoms with Crippen molar-refractivity contribution < 1.29 is 9.21 Å². The van der Waals surface area contributed by atoms with E-state index in [0.29, 0.717) is 11.1 Å². The smallest absolute Gasteiger partial charge is 0.289 e. The molecule has 0 saturated heterocycles. The lowest BCUT2D eigenvalue weighted by Gasteiger charge is -2.08. The summed E-state index contributed by atoms with van der Waals surface area (Å²) in [6.07, 6.45) is 0. The van der Waals surface area contributed by atoms with E-state index in [-0.39, 0.29) is 5.91 Å². The summed E-state index contributed by atoms with van der Waals surface area (Å²) in [5.41, 5.74) is 1.66. The highest BCUT2D eigenvalue weighted by atomic mass is 79.9. The molecule has 2 rings (SSSR count). The van der Waals surface area contributed by atoms with Gasteiger partial charge in [-0.3, -0.25) is 4.79 Å². The zero-order valence-corrected chi connectivity index (χ0v) is 10.7. The van der Waals surface area contributed by atoms with Gasteiger partial charge in [-0.25, -0.2) is 0 Å². The average Bonchev–Trinajstić information content (AvgIpc) is 2.65. The summed E-state index contributed by atoms with van der Waals surface area (Å²) in [7, 11) is 3.43. The number of carbonyl (C=O) groups excluding carboxylic acids is 1. The van der Waals surface area contributed by atoms with Gasteiger partial charge < -0.3 is 9.32 Å². The minimum absolute atomic E-state index is 0.106. The number of fused-ring (bicyclic) bond motifs is 1. The normalized spacial score (nSPS) is 10.7. The van der Waals surface area contributed by atoms with Gasteiger partial charge in [0.2, 0.25) is 0 Å². The van der Waals surface area contributed by atoms with E-state index >= 15 is 0 Å². The Balaban J connectivity index is 2.65. The number of nitrogens with zero attached hydrogens (tertiary/aromatic N) is 1. The Bertz CT molecular complexity index is 531.